The molecule has 5 nitrogen and oxygen atoms in total. The summed E-state index contributed by atoms with van der Waals surface area (Å²) >= 11 is 0. The molecule has 0 atom stereocenters. The Morgan fingerprint density at radius 1 is 1.11 bits per heavy atom. The second-order valence-corrected chi connectivity index (χ2v) is 4.57. The summed E-state index contributed by atoms with van der Waals surface area (Å²) in [6.07, 6.45) is 0. The molecular weight excluding hydrogens is 232 g/mol. The molecule has 98 valence electrons. The summed E-state index contributed by atoms with van der Waals surface area (Å²) in [6, 6.07) is 7.33. The smallest absolute Gasteiger partial charge is 0.317 e. The van der Waals surface area contributed by atoms with Crippen LogP contribution in [0, 0.1) is 0 Å². The second kappa shape index (κ2) is 5.84. The maximum absolute atomic E-state index is 10.6. The standard InChI is InChI=1S/C13H18N2O3/c16-12-4-2-1-3-11(12)9-14-5-7-15(8-6-14)10-13(17)18/h1-4,16H,5-10H2,(H,17,18). The van der Waals surface area contributed by atoms with Crippen LogP contribution < -0.4 is 0 Å². The maximum atomic E-state index is 10.6. The molecule has 0 bridgehead atoms. The predicted molar refractivity (Wildman–Crippen MR) is 67.5 cm³/mol. The minimum absolute atomic E-state index is 0.116. The molecule has 1 aromatic carbocycles. The van der Waals surface area contributed by atoms with Crippen LogP contribution in [-0.4, -0.2) is 58.7 Å². The van der Waals surface area contributed by atoms with Gasteiger partial charge in [0.15, 0.2) is 0 Å². The summed E-state index contributed by atoms with van der Waals surface area (Å²) in [5.74, 6) is -0.449. The summed E-state index contributed by atoms with van der Waals surface area (Å²) in [5.41, 5.74) is 0.921. The van der Waals surface area contributed by atoms with Crippen LogP contribution in [0.2, 0.25) is 0 Å². The van der Waals surface area contributed by atoms with E-state index in [1.807, 2.05) is 23.1 Å². The van der Waals surface area contributed by atoms with E-state index in [1.54, 1.807) is 6.07 Å². The Labute approximate surface area is 106 Å². The summed E-state index contributed by atoms with van der Waals surface area (Å²) in [6.45, 7) is 4.03. The lowest BCUT2D eigenvalue weighted by Crippen LogP contribution is -2.47. The maximum Gasteiger partial charge on any atom is 0.317 e. The monoisotopic (exact) mass is 250 g/mol. The van der Waals surface area contributed by atoms with Crippen LogP contribution in [0.1, 0.15) is 5.56 Å². The van der Waals surface area contributed by atoms with Crippen LogP contribution in [0.15, 0.2) is 24.3 Å². The van der Waals surface area contributed by atoms with E-state index in [0.717, 1.165) is 31.7 Å². The number of carboxylic acids is 1. The van der Waals surface area contributed by atoms with Crippen molar-refractivity contribution in [1.82, 2.24) is 9.80 Å². The Morgan fingerprint density at radius 3 is 2.33 bits per heavy atom. The number of para-hydroxylation sites is 1. The SMILES string of the molecule is O=C(O)CN1CCN(Cc2ccccc2O)CC1. The number of rotatable bonds is 4. The molecule has 18 heavy (non-hydrogen) atoms. The fraction of sp³-hybridized carbons (Fsp3) is 0.462. The normalized spacial score (nSPS) is 17.8. The van der Waals surface area contributed by atoms with Gasteiger partial charge < -0.3 is 10.2 Å². The van der Waals surface area contributed by atoms with E-state index in [0.29, 0.717) is 12.3 Å². The molecule has 0 spiro atoms. The van der Waals surface area contributed by atoms with E-state index in [9.17, 15) is 9.90 Å². The van der Waals surface area contributed by atoms with E-state index < -0.39 is 5.97 Å². The molecule has 2 rings (SSSR count). The molecule has 0 saturated carbocycles. The van der Waals surface area contributed by atoms with Crippen molar-refractivity contribution in [2.75, 3.05) is 32.7 Å². The lowest BCUT2D eigenvalue weighted by Gasteiger charge is -2.33. The Bertz CT molecular complexity index is 414. The number of phenols is 1. The number of hydrogen-bond donors (Lipinski definition) is 2. The largest absolute Gasteiger partial charge is 0.508 e. The summed E-state index contributed by atoms with van der Waals surface area (Å²) < 4.78 is 0. The Morgan fingerprint density at radius 2 is 1.72 bits per heavy atom. The van der Waals surface area contributed by atoms with E-state index in [4.69, 9.17) is 5.11 Å². The molecule has 1 heterocycles. The first-order valence-corrected chi connectivity index (χ1v) is 6.08. The first-order chi connectivity index (χ1) is 8.65. The highest BCUT2D eigenvalue weighted by Gasteiger charge is 2.19. The van der Waals surface area contributed by atoms with Crippen molar-refractivity contribution < 1.29 is 15.0 Å². The minimum Gasteiger partial charge on any atom is -0.508 e. The van der Waals surface area contributed by atoms with Gasteiger partial charge in [0.05, 0.1) is 6.54 Å². The van der Waals surface area contributed by atoms with Gasteiger partial charge in [-0.15, -0.1) is 0 Å². The molecule has 0 unspecified atom stereocenters. The zero-order valence-electron chi connectivity index (χ0n) is 10.2. The van der Waals surface area contributed by atoms with Crippen molar-refractivity contribution in [3.05, 3.63) is 29.8 Å². The van der Waals surface area contributed by atoms with Crippen molar-refractivity contribution in [3.63, 3.8) is 0 Å². The number of phenolic OH excluding ortho intramolecular Hbond substituents is 1. The zero-order valence-corrected chi connectivity index (χ0v) is 10.2. The second-order valence-electron chi connectivity index (χ2n) is 4.57. The third kappa shape index (κ3) is 3.45. The molecule has 1 saturated heterocycles. The van der Waals surface area contributed by atoms with Gasteiger partial charge in [0.25, 0.3) is 0 Å². The molecule has 1 aromatic rings. The Balaban J connectivity index is 1.84. The molecule has 5 heteroatoms. The lowest BCUT2D eigenvalue weighted by molar-refractivity contribution is -0.138. The van der Waals surface area contributed by atoms with Gasteiger partial charge in [-0.2, -0.15) is 0 Å². The minimum atomic E-state index is -0.774. The quantitative estimate of drug-likeness (QED) is 0.819. The van der Waals surface area contributed by atoms with E-state index in [1.165, 1.54) is 0 Å². The molecule has 1 fully saturated rings. The molecule has 0 amide bonds. The van der Waals surface area contributed by atoms with Gasteiger partial charge in [-0.3, -0.25) is 14.6 Å². The van der Waals surface area contributed by atoms with Crippen molar-refractivity contribution in [2.24, 2.45) is 0 Å². The molecule has 0 radical (unpaired) electrons. The summed E-state index contributed by atoms with van der Waals surface area (Å²) in [4.78, 5) is 14.8. The van der Waals surface area contributed by atoms with Crippen molar-refractivity contribution >= 4 is 5.97 Å². The first-order valence-electron chi connectivity index (χ1n) is 6.08. The van der Waals surface area contributed by atoms with E-state index in [2.05, 4.69) is 4.90 Å². The molecule has 1 aliphatic rings. The van der Waals surface area contributed by atoms with Gasteiger partial charge in [-0.1, -0.05) is 18.2 Å². The molecule has 1 aliphatic heterocycles. The highest BCUT2D eigenvalue weighted by molar-refractivity contribution is 5.69. The average molecular weight is 250 g/mol. The highest BCUT2D eigenvalue weighted by atomic mass is 16.4. The number of aliphatic carboxylic acids is 1. The van der Waals surface area contributed by atoms with Gasteiger partial charge in [-0.25, -0.2) is 0 Å². The number of piperazine rings is 1. The van der Waals surface area contributed by atoms with Crippen LogP contribution in [0.25, 0.3) is 0 Å². The van der Waals surface area contributed by atoms with Crippen LogP contribution in [0.5, 0.6) is 5.75 Å². The predicted octanol–water partition coefficient (Wildman–Crippen LogP) is 0.594. The average Bonchev–Trinajstić information content (AvgIpc) is 2.34. The highest BCUT2D eigenvalue weighted by Crippen LogP contribution is 2.18. The molecular formula is C13H18N2O3. The van der Waals surface area contributed by atoms with Gasteiger partial charge in [0.1, 0.15) is 5.75 Å². The Kier molecular flexibility index (Phi) is 4.17. The van der Waals surface area contributed by atoms with Crippen molar-refractivity contribution in [3.8, 4) is 5.75 Å². The van der Waals surface area contributed by atoms with Gasteiger partial charge in [0, 0.05) is 38.3 Å². The summed E-state index contributed by atoms with van der Waals surface area (Å²) in [5, 5.41) is 18.4. The van der Waals surface area contributed by atoms with E-state index in [-0.39, 0.29) is 6.54 Å². The fourth-order valence-electron chi connectivity index (χ4n) is 2.18. The molecule has 0 aliphatic carbocycles. The van der Waals surface area contributed by atoms with Crippen LogP contribution in [0.4, 0.5) is 0 Å². The number of hydrogen-bond acceptors (Lipinski definition) is 4. The van der Waals surface area contributed by atoms with E-state index >= 15 is 0 Å². The third-order valence-corrected chi connectivity index (χ3v) is 3.21. The third-order valence-electron chi connectivity index (χ3n) is 3.21. The fourth-order valence-corrected chi connectivity index (χ4v) is 2.18. The lowest BCUT2D eigenvalue weighted by atomic mass is 10.1. The van der Waals surface area contributed by atoms with Crippen LogP contribution >= 0.6 is 0 Å². The van der Waals surface area contributed by atoms with Gasteiger partial charge >= 0.3 is 5.97 Å². The van der Waals surface area contributed by atoms with Crippen LogP contribution in [0.3, 0.4) is 0 Å². The Hall–Kier alpha value is -1.59. The topological polar surface area (TPSA) is 64.0 Å². The molecule has 2 N–H and O–H groups in total. The van der Waals surface area contributed by atoms with Crippen LogP contribution in [-0.2, 0) is 11.3 Å². The zero-order chi connectivity index (χ0) is 13.0. The molecule has 0 aromatic heterocycles. The number of benzene rings is 1. The number of nitrogens with zero attached hydrogens (tertiary/aromatic N) is 2. The van der Waals surface area contributed by atoms with Gasteiger partial charge in [0.2, 0.25) is 0 Å². The van der Waals surface area contributed by atoms with Crippen molar-refractivity contribution in [2.45, 2.75) is 6.54 Å². The number of carbonyl (C=O) groups is 1. The summed E-state index contributed by atoms with van der Waals surface area (Å²) in [7, 11) is 0. The van der Waals surface area contributed by atoms with Gasteiger partial charge in [-0.05, 0) is 6.07 Å². The van der Waals surface area contributed by atoms with Crippen molar-refractivity contribution in [1.29, 1.82) is 0 Å². The number of carboxylic acid groups (broad SMARTS) is 1. The number of aromatic hydroxyl groups is 1. The first kappa shape index (κ1) is 12.9.